The molecular weight excluding hydrogens is 234 g/mol. The van der Waals surface area contributed by atoms with Gasteiger partial charge in [0.25, 0.3) is 5.91 Å². The number of benzene rings is 1. The molecule has 2 heterocycles. The SMILES string of the molecule is O=C(c1csc2ccccc12)N1CC[C@@H](O)C1. The second kappa shape index (κ2) is 4.13. The number of carbonyl (C=O) groups is 1. The van der Waals surface area contributed by atoms with E-state index >= 15 is 0 Å². The quantitative estimate of drug-likeness (QED) is 0.838. The Balaban J connectivity index is 1.96. The van der Waals surface area contributed by atoms with Gasteiger partial charge in [-0.3, -0.25) is 4.79 Å². The molecule has 0 saturated carbocycles. The molecule has 1 amide bonds. The standard InChI is InChI=1S/C13H13NO2S/c15-9-5-6-14(7-9)13(16)11-8-17-12-4-2-1-3-10(11)12/h1-4,8-9,15H,5-7H2/t9-/m1/s1. The predicted octanol–water partition coefficient (Wildman–Crippen LogP) is 2.11. The lowest BCUT2D eigenvalue weighted by Crippen LogP contribution is -2.29. The smallest absolute Gasteiger partial charge is 0.255 e. The zero-order valence-electron chi connectivity index (χ0n) is 9.30. The number of rotatable bonds is 1. The van der Waals surface area contributed by atoms with Crippen molar-refractivity contribution in [3.8, 4) is 0 Å². The Labute approximate surface area is 103 Å². The first-order valence-electron chi connectivity index (χ1n) is 5.69. The minimum absolute atomic E-state index is 0.0407. The fourth-order valence-electron chi connectivity index (χ4n) is 2.24. The number of aliphatic hydroxyl groups excluding tert-OH is 1. The molecule has 1 N–H and O–H groups in total. The normalized spacial score (nSPS) is 20.1. The summed E-state index contributed by atoms with van der Waals surface area (Å²) in [7, 11) is 0. The van der Waals surface area contributed by atoms with Gasteiger partial charge in [0.1, 0.15) is 0 Å². The van der Waals surface area contributed by atoms with Gasteiger partial charge in [-0.2, -0.15) is 0 Å². The van der Waals surface area contributed by atoms with Gasteiger partial charge in [0.2, 0.25) is 0 Å². The maximum absolute atomic E-state index is 12.3. The van der Waals surface area contributed by atoms with E-state index in [1.54, 1.807) is 16.2 Å². The van der Waals surface area contributed by atoms with Gasteiger partial charge in [0.15, 0.2) is 0 Å². The van der Waals surface area contributed by atoms with E-state index < -0.39 is 0 Å². The number of hydrogen-bond donors (Lipinski definition) is 1. The number of fused-ring (bicyclic) bond motifs is 1. The van der Waals surface area contributed by atoms with Crippen LogP contribution < -0.4 is 0 Å². The number of amides is 1. The first-order valence-corrected chi connectivity index (χ1v) is 6.57. The zero-order chi connectivity index (χ0) is 11.8. The summed E-state index contributed by atoms with van der Waals surface area (Å²) in [5, 5.41) is 12.4. The summed E-state index contributed by atoms with van der Waals surface area (Å²) in [6.07, 6.45) is 0.331. The van der Waals surface area contributed by atoms with Gasteiger partial charge in [0, 0.05) is 28.6 Å². The lowest BCUT2D eigenvalue weighted by molar-refractivity contribution is 0.0767. The van der Waals surface area contributed by atoms with Gasteiger partial charge >= 0.3 is 0 Å². The van der Waals surface area contributed by atoms with Crippen molar-refractivity contribution in [3.05, 3.63) is 35.2 Å². The molecule has 3 rings (SSSR count). The molecule has 2 aromatic rings. The lowest BCUT2D eigenvalue weighted by Gasteiger charge is -2.14. The number of likely N-dealkylation sites (tertiary alicyclic amines) is 1. The van der Waals surface area contributed by atoms with Crippen LogP contribution in [-0.4, -0.2) is 35.1 Å². The third-order valence-electron chi connectivity index (χ3n) is 3.16. The Bertz CT molecular complexity index is 563. The highest BCUT2D eigenvalue weighted by Crippen LogP contribution is 2.27. The molecule has 88 valence electrons. The van der Waals surface area contributed by atoms with Gasteiger partial charge < -0.3 is 10.0 Å². The van der Waals surface area contributed by atoms with E-state index in [9.17, 15) is 9.90 Å². The average Bonchev–Trinajstić information content (AvgIpc) is 2.94. The summed E-state index contributed by atoms with van der Waals surface area (Å²) in [6, 6.07) is 7.93. The second-order valence-corrected chi connectivity index (χ2v) is 5.25. The van der Waals surface area contributed by atoms with Crippen LogP contribution in [0.5, 0.6) is 0 Å². The van der Waals surface area contributed by atoms with Crippen molar-refractivity contribution in [2.75, 3.05) is 13.1 Å². The largest absolute Gasteiger partial charge is 0.391 e. The minimum Gasteiger partial charge on any atom is -0.391 e. The highest BCUT2D eigenvalue weighted by atomic mass is 32.1. The molecule has 1 atom stereocenters. The molecule has 0 radical (unpaired) electrons. The molecular formula is C13H13NO2S. The molecule has 0 spiro atoms. The Morgan fingerprint density at radius 2 is 2.24 bits per heavy atom. The van der Waals surface area contributed by atoms with E-state index in [-0.39, 0.29) is 12.0 Å². The number of nitrogens with zero attached hydrogens (tertiary/aromatic N) is 1. The van der Waals surface area contributed by atoms with Crippen LogP contribution in [0.4, 0.5) is 0 Å². The van der Waals surface area contributed by atoms with Crippen LogP contribution in [0.3, 0.4) is 0 Å². The van der Waals surface area contributed by atoms with Crippen LogP contribution in [-0.2, 0) is 0 Å². The van der Waals surface area contributed by atoms with Crippen LogP contribution in [0.25, 0.3) is 10.1 Å². The van der Waals surface area contributed by atoms with Crippen LogP contribution in [0.2, 0.25) is 0 Å². The minimum atomic E-state index is -0.358. The van der Waals surface area contributed by atoms with Crippen molar-refractivity contribution < 1.29 is 9.90 Å². The maximum atomic E-state index is 12.3. The lowest BCUT2D eigenvalue weighted by atomic mass is 10.1. The summed E-state index contributed by atoms with van der Waals surface area (Å²) in [5.41, 5.74) is 0.764. The molecule has 1 aromatic heterocycles. The number of hydrogen-bond acceptors (Lipinski definition) is 3. The van der Waals surface area contributed by atoms with Crippen molar-refractivity contribution in [3.63, 3.8) is 0 Å². The first-order chi connectivity index (χ1) is 8.25. The molecule has 1 fully saturated rings. The Kier molecular flexibility index (Phi) is 2.61. The molecule has 1 saturated heterocycles. The van der Waals surface area contributed by atoms with Gasteiger partial charge in [0.05, 0.1) is 11.7 Å². The third-order valence-corrected chi connectivity index (χ3v) is 4.13. The van der Waals surface area contributed by atoms with Crippen molar-refractivity contribution >= 4 is 27.3 Å². The van der Waals surface area contributed by atoms with E-state index in [2.05, 4.69) is 0 Å². The van der Waals surface area contributed by atoms with Gasteiger partial charge in [-0.05, 0) is 12.5 Å². The topological polar surface area (TPSA) is 40.5 Å². The second-order valence-electron chi connectivity index (χ2n) is 4.34. The van der Waals surface area contributed by atoms with Crippen molar-refractivity contribution in [2.24, 2.45) is 0 Å². The molecule has 0 unspecified atom stereocenters. The van der Waals surface area contributed by atoms with E-state index in [1.807, 2.05) is 29.6 Å². The summed E-state index contributed by atoms with van der Waals surface area (Å²) >= 11 is 1.59. The molecule has 1 aliphatic rings. The maximum Gasteiger partial charge on any atom is 0.255 e. The molecule has 17 heavy (non-hydrogen) atoms. The summed E-state index contributed by atoms with van der Waals surface area (Å²) in [6.45, 7) is 1.12. The van der Waals surface area contributed by atoms with Crippen LogP contribution in [0.1, 0.15) is 16.8 Å². The Morgan fingerprint density at radius 3 is 3.00 bits per heavy atom. The highest BCUT2D eigenvalue weighted by molar-refractivity contribution is 7.17. The zero-order valence-corrected chi connectivity index (χ0v) is 10.1. The number of aliphatic hydroxyl groups is 1. The molecule has 0 aliphatic carbocycles. The molecule has 4 heteroatoms. The summed E-state index contributed by atoms with van der Waals surface area (Å²) in [4.78, 5) is 14.0. The van der Waals surface area contributed by atoms with E-state index in [1.165, 1.54) is 0 Å². The van der Waals surface area contributed by atoms with Gasteiger partial charge in [-0.1, -0.05) is 18.2 Å². The Morgan fingerprint density at radius 1 is 1.41 bits per heavy atom. The number of β-amino-alcohol motifs (C(OH)–C–C–N with tert-alkyl or cyclic N) is 1. The van der Waals surface area contributed by atoms with Crippen molar-refractivity contribution in [1.82, 2.24) is 4.90 Å². The Hall–Kier alpha value is -1.39. The van der Waals surface area contributed by atoms with Crippen LogP contribution in [0, 0.1) is 0 Å². The first kappa shape index (κ1) is 10.7. The predicted molar refractivity (Wildman–Crippen MR) is 68.4 cm³/mol. The number of thiophene rings is 1. The molecule has 1 aliphatic heterocycles. The summed E-state index contributed by atoms with van der Waals surface area (Å²) in [5.74, 6) is 0.0407. The highest BCUT2D eigenvalue weighted by Gasteiger charge is 2.26. The summed E-state index contributed by atoms with van der Waals surface area (Å²) < 4.78 is 1.13. The van der Waals surface area contributed by atoms with E-state index in [4.69, 9.17) is 0 Å². The van der Waals surface area contributed by atoms with E-state index in [0.29, 0.717) is 19.5 Å². The fraction of sp³-hybridized carbons (Fsp3) is 0.308. The van der Waals surface area contributed by atoms with Crippen molar-refractivity contribution in [1.29, 1.82) is 0 Å². The van der Waals surface area contributed by atoms with Gasteiger partial charge in [-0.15, -0.1) is 11.3 Å². The van der Waals surface area contributed by atoms with Crippen LogP contribution in [0.15, 0.2) is 29.6 Å². The average molecular weight is 247 g/mol. The molecule has 1 aromatic carbocycles. The molecule has 0 bridgehead atoms. The fourth-order valence-corrected chi connectivity index (χ4v) is 3.17. The number of carbonyl (C=O) groups excluding carboxylic acids is 1. The third kappa shape index (κ3) is 1.83. The van der Waals surface area contributed by atoms with Gasteiger partial charge in [-0.25, -0.2) is 0 Å². The molecule has 3 nitrogen and oxygen atoms in total. The van der Waals surface area contributed by atoms with Crippen LogP contribution >= 0.6 is 11.3 Å². The van der Waals surface area contributed by atoms with E-state index in [0.717, 1.165) is 15.6 Å². The monoisotopic (exact) mass is 247 g/mol. The van der Waals surface area contributed by atoms with Crippen molar-refractivity contribution in [2.45, 2.75) is 12.5 Å².